The first-order valence-corrected chi connectivity index (χ1v) is 9.13. The summed E-state index contributed by atoms with van der Waals surface area (Å²) in [5.41, 5.74) is 2.85. The van der Waals surface area contributed by atoms with E-state index >= 15 is 0 Å². The van der Waals surface area contributed by atoms with Crippen molar-refractivity contribution in [2.75, 3.05) is 22.5 Å². The van der Waals surface area contributed by atoms with Crippen LogP contribution < -0.4 is 16.0 Å². The van der Waals surface area contributed by atoms with Crippen molar-refractivity contribution in [2.24, 2.45) is 0 Å². The molecule has 0 saturated heterocycles. The van der Waals surface area contributed by atoms with Gasteiger partial charge in [0, 0.05) is 36.7 Å². The second kappa shape index (κ2) is 9.45. The fourth-order valence-electron chi connectivity index (χ4n) is 2.74. The Morgan fingerprint density at radius 2 is 1.62 bits per heavy atom. The van der Waals surface area contributed by atoms with Gasteiger partial charge in [0.15, 0.2) is 0 Å². The Morgan fingerprint density at radius 1 is 0.931 bits per heavy atom. The molecule has 6 nitrogen and oxygen atoms in total. The molecule has 0 radical (unpaired) electrons. The lowest BCUT2D eigenvalue weighted by Crippen LogP contribution is -2.14. The van der Waals surface area contributed by atoms with Crippen molar-refractivity contribution in [3.05, 3.63) is 83.9 Å². The number of hydrogen-bond donors (Lipinski definition) is 3. The number of nitrogens with one attached hydrogen (secondary N) is 3. The van der Waals surface area contributed by atoms with Crippen molar-refractivity contribution in [1.29, 1.82) is 0 Å². The largest absolute Gasteiger partial charge is 0.385 e. The highest BCUT2D eigenvalue weighted by Gasteiger charge is 2.09. The van der Waals surface area contributed by atoms with Crippen molar-refractivity contribution >= 4 is 28.9 Å². The van der Waals surface area contributed by atoms with Crippen LogP contribution in [0.5, 0.6) is 0 Å². The maximum atomic E-state index is 13.7. The van der Waals surface area contributed by atoms with Gasteiger partial charge in [-0.05, 0) is 54.4 Å². The molecule has 3 rings (SSSR count). The molecule has 0 spiro atoms. The maximum absolute atomic E-state index is 13.7. The molecule has 3 N–H and O–H groups in total. The van der Waals surface area contributed by atoms with Crippen molar-refractivity contribution < 1.29 is 14.0 Å². The molecule has 0 unspecified atom stereocenters. The molecule has 7 heteroatoms. The van der Waals surface area contributed by atoms with Crippen molar-refractivity contribution in [3.63, 3.8) is 0 Å². The zero-order chi connectivity index (χ0) is 20.6. The number of pyridine rings is 1. The lowest BCUT2D eigenvalue weighted by Gasteiger charge is -2.09. The Hall–Kier alpha value is -3.74. The lowest BCUT2D eigenvalue weighted by atomic mass is 10.1. The fraction of sp³-hybridized carbons (Fsp3) is 0.136. The van der Waals surface area contributed by atoms with Gasteiger partial charge in [0.2, 0.25) is 5.91 Å². The van der Waals surface area contributed by atoms with Crippen LogP contribution in [0.25, 0.3) is 0 Å². The maximum Gasteiger partial charge on any atom is 0.274 e. The van der Waals surface area contributed by atoms with Crippen LogP contribution in [0, 0.1) is 5.82 Å². The lowest BCUT2D eigenvalue weighted by molar-refractivity contribution is -0.114. The van der Waals surface area contributed by atoms with Crippen molar-refractivity contribution in [3.8, 4) is 0 Å². The zero-order valence-electron chi connectivity index (χ0n) is 15.9. The molecule has 0 atom stereocenters. The van der Waals surface area contributed by atoms with Crippen LogP contribution in [0.3, 0.4) is 0 Å². The van der Waals surface area contributed by atoms with E-state index in [0.717, 1.165) is 5.69 Å². The van der Waals surface area contributed by atoms with Gasteiger partial charge in [-0.15, -0.1) is 0 Å². The predicted octanol–water partition coefficient (Wildman–Crippen LogP) is 4.09. The third-order valence-corrected chi connectivity index (χ3v) is 4.14. The summed E-state index contributed by atoms with van der Waals surface area (Å²) in [6.07, 6.45) is 2.07. The topological polar surface area (TPSA) is 83.1 Å². The summed E-state index contributed by atoms with van der Waals surface area (Å²) in [6.45, 7) is 1.95. The summed E-state index contributed by atoms with van der Waals surface area (Å²) in [5.74, 6) is -0.742. The number of rotatable bonds is 7. The van der Waals surface area contributed by atoms with E-state index in [4.69, 9.17) is 0 Å². The highest BCUT2D eigenvalue weighted by atomic mass is 19.1. The van der Waals surface area contributed by atoms with E-state index in [2.05, 4.69) is 20.9 Å². The first kappa shape index (κ1) is 20.0. The second-order valence-corrected chi connectivity index (χ2v) is 6.41. The van der Waals surface area contributed by atoms with Gasteiger partial charge in [0.25, 0.3) is 5.91 Å². The van der Waals surface area contributed by atoms with Gasteiger partial charge < -0.3 is 16.0 Å². The van der Waals surface area contributed by atoms with E-state index in [9.17, 15) is 14.0 Å². The summed E-state index contributed by atoms with van der Waals surface area (Å²) in [6, 6.07) is 16.8. The van der Waals surface area contributed by atoms with Crippen molar-refractivity contribution in [1.82, 2.24) is 4.98 Å². The number of carbonyl (C=O) groups is 2. The zero-order valence-corrected chi connectivity index (χ0v) is 15.9. The summed E-state index contributed by atoms with van der Waals surface area (Å²) >= 11 is 0. The molecular formula is C22H21FN4O2. The van der Waals surface area contributed by atoms with E-state index in [1.54, 1.807) is 60.8 Å². The molecule has 148 valence electrons. The third-order valence-electron chi connectivity index (χ3n) is 4.14. The molecule has 3 aromatic rings. The Kier molecular flexibility index (Phi) is 6.52. The van der Waals surface area contributed by atoms with E-state index in [1.807, 2.05) is 0 Å². The summed E-state index contributed by atoms with van der Waals surface area (Å²) in [7, 11) is 0. The van der Waals surface area contributed by atoms with Crippen LogP contribution in [0.1, 0.15) is 23.0 Å². The normalized spacial score (nSPS) is 10.3. The van der Waals surface area contributed by atoms with E-state index in [0.29, 0.717) is 29.9 Å². The quantitative estimate of drug-likeness (QED) is 0.566. The Labute approximate surface area is 168 Å². The van der Waals surface area contributed by atoms with Crippen LogP contribution in [-0.4, -0.2) is 23.3 Å². The van der Waals surface area contributed by atoms with Crippen LogP contribution in [0.4, 0.5) is 21.5 Å². The van der Waals surface area contributed by atoms with Gasteiger partial charge in [-0.25, -0.2) is 4.39 Å². The van der Waals surface area contributed by atoms with Crippen LogP contribution in [-0.2, 0) is 11.2 Å². The number of anilines is 3. The number of amides is 2. The summed E-state index contributed by atoms with van der Waals surface area (Å²) in [4.78, 5) is 27.6. The van der Waals surface area contributed by atoms with Gasteiger partial charge >= 0.3 is 0 Å². The molecule has 1 heterocycles. The molecule has 29 heavy (non-hydrogen) atoms. The number of aromatic nitrogens is 1. The molecule has 2 aromatic carbocycles. The Bertz CT molecular complexity index is 1010. The number of carbonyl (C=O) groups excluding carboxylic acids is 2. The first-order valence-electron chi connectivity index (χ1n) is 9.13. The van der Waals surface area contributed by atoms with E-state index in [-0.39, 0.29) is 23.3 Å². The highest BCUT2D eigenvalue weighted by molar-refractivity contribution is 6.03. The summed E-state index contributed by atoms with van der Waals surface area (Å²) < 4.78 is 13.7. The summed E-state index contributed by atoms with van der Waals surface area (Å²) in [5, 5.41) is 8.61. The highest BCUT2D eigenvalue weighted by Crippen LogP contribution is 2.16. The minimum absolute atomic E-state index is 0.162. The average Bonchev–Trinajstić information content (AvgIpc) is 2.71. The molecule has 0 bridgehead atoms. The van der Waals surface area contributed by atoms with Gasteiger partial charge in [0.05, 0.1) is 0 Å². The van der Waals surface area contributed by atoms with Crippen LogP contribution >= 0.6 is 0 Å². The van der Waals surface area contributed by atoms with Gasteiger partial charge in [-0.1, -0.05) is 18.2 Å². The molecule has 0 aliphatic carbocycles. The van der Waals surface area contributed by atoms with Crippen LogP contribution in [0.2, 0.25) is 0 Å². The molecule has 2 amide bonds. The molecule has 0 saturated carbocycles. The number of halogens is 1. The van der Waals surface area contributed by atoms with Crippen molar-refractivity contribution in [2.45, 2.75) is 13.3 Å². The molecule has 0 fully saturated rings. The molecule has 1 aromatic heterocycles. The molecule has 0 aliphatic heterocycles. The van der Waals surface area contributed by atoms with E-state index in [1.165, 1.54) is 13.0 Å². The van der Waals surface area contributed by atoms with Gasteiger partial charge in [-0.3, -0.25) is 14.6 Å². The number of benzene rings is 2. The molecule has 0 aliphatic rings. The third kappa shape index (κ3) is 5.87. The minimum Gasteiger partial charge on any atom is -0.385 e. The van der Waals surface area contributed by atoms with Gasteiger partial charge in [-0.2, -0.15) is 0 Å². The number of nitrogens with zero attached hydrogens (tertiary/aromatic N) is 1. The Balaban J connectivity index is 1.57. The Morgan fingerprint density at radius 3 is 2.31 bits per heavy atom. The van der Waals surface area contributed by atoms with Gasteiger partial charge in [0.1, 0.15) is 11.5 Å². The smallest absolute Gasteiger partial charge is 0.274 e. The minimum atomic E-state index is -0.352. The standard InChI is InChI=1S/C22H21FN4O2/c1-15(28)26-17-6-8-18(9-7-17)27-22(29)21-14-19(11-13-25-21)24-12-10-16-4-2-3-5-20(16)23/h2-9,11,13-14H,10,12H2,1H3,(H,24,25)(H,26,28)(H,27,29). The predicted molar refractivity (Wildman–Crippen MR) is 112 cm³/mol. The molecular weight excluding hydrogens is 371 g/mol. The van der Waals surface area contributed by atoms with Crippen LogP contribution in [0.15, 0.2) is 66.9 Å². The average molecular weight is 392 g/mol. The fourth-order valence-corrected chi connectivity index (χ4v) is 2.74. The number of hydrogen-bond acceptors (Lipinski definition) is 4. The SMILES string of the molecule is CC(=O)Nc1ccc(NC(=O)c2cc(NCCc3ccccc3F)ccn2)cc1. The monoisotopic (exact) mass is 392 g/mol. The first-order chi connectivity index (χ1) is 14.0. The van der Waals surface area contributed by atoms with E-state index < -0.39 is 0 Å². The second-order valence-electron chi connectivity index (χ2n) is 6.41.